The molecule has 96 valence electrons. The van der Waals surface area contributed by atoms with Crippen molar-refractivity contribution in [1.29, 1.82) is 0 Å². The van der Waals surface area contributed by atoms with Crippen LogP contribution in [0.4, 0.5) is 0 Å². The molecule has 1 nitrogen and oxygen atoms in total. The van der Waals surface area contributed by atoms with Crippen molar-refractivity contribution in [2.24, 2.45) is 0 Å². The van der Waals surface area contributed by atoms with Gasteiger partial charge in [-0.25, -0.2) is 0 Å². The van der Waals surface area contributed by atoms with Gasteiger partial charge in [0.1, 0.15) is 0 Å². The van der Waals surface area contributed by atoms with E-state index in [1.54, 1.807) is 0 Å². The van der Waals surface area contributed by atoms with E-state index in [2.05, 4.69) is 59.4 Å². The molecule has 0 saturated heterocycles. The van der Waals surface area contributed by atoms with E-state index in [1.807, 2.05) is 0 Å². The van der Waals surface area contributed by atoms with Crippen LogP contribution in [-0.4, -0.2) is 12.6 Å². The van der Waals surface area contributed by atoms with Crippen molar-refractivity contribution in [3.05, 3.63) is 34.3 Å². The van der Waals surface area contributed by atoms with Crippen molar-refractivity contribution in [2.75, 3.05) is 6.54 Å². The third-order valence-electron chi connectivity index (χ3n) is 3.04. The molecule has 1 rings (SSSR count). The standard InChI is InChI=1S/C15H24BrN/c1-3-7-14(17-12-4-2)11-10-13-8-5-6-9-15(13)16/h5-6,8-9,14,17H,3-4,7,10-12H2,1-2H3. The van der Waals surface area contributed by atoms with Gasteiger partial charge in [0.2, 0.25) is 0 Å². The highest BCUT2D eigenvalue weighted by molar-refractivity contribution is 9.10. The predicted octanol–water partition coefficient (Wildman–Crippen LogP) is 4.55. The molecule has 1 aromatic carbocycles. The highest BCUT2D eigenvalue weighted by Crippen LogP contribution is 2.18. The summed E-state index contributed by atoms with van der Waals surface area (Å²) in [7, 11) is 0. The molecule has 1 unspecified atom stereocenters. The SMILES string of the molecule is CCCNC(CCC)CCc1ccccc1Br. The van der Waals surface area contributed by atoms with Gasteiger partial charge in [-0.1, -0.05) is 54.4 Å². The lowest BCUT2D eigenvalue weighted by molar-refractivity contribution is 0.448. The van der Waals surface area contributed by atoms with E-state index in [4.69, 9.17) is 0 Å². The molecule has 0 radical (unpaired) electrons. The summed E-state index contributed by atoms with van der Waals surface area (Å²) in [5.41, 5.74) is 1.42. The zero-order chi connectivity index (χ0) is 12.5. The van der Waals surface area contributed by atoms with Crippen LogP contribution in [0.1, 0.15) is 45.1 Å². The van der Waals surface area contributed by atoms with Gasteiger partial charge < -0.3 is 5.32 Å². The molecule has 1 N–H and O–H groups in total. The van der Waals surface area contributed by atoms with Crippen molar-refractivity contribution in [3.8, 4) is 0 Å². The number of hydrogen-bond acceptors (Lipinski definition) is 1. The Morgan fingerprint density at radius 1 is 1.12 bits per heavy atom. The Hall–Kier alpha value is -0.340. The second kappa shape index (κ2) is 8.71. The molecular formula is C15H24BrN. The summed E-state index contributed by atoms with van der Waals surface area (Å²) in [6.45, 7) is 5.63. The van der Waals surface area contributed by atoms with Gasteiger partial charge in [-0.05, 0) is 43.9 Å². The minimum atomic E-state index is 0.673. The van der Waals surface area contributed by atoms with Crippen LogP contribution in [0, 0.1) is 0 Å². The molecule has 0 aliphatic rings. The van der Waals surface area contributed by atoms with Crippen molar-refractivity contribution in [3.63, 3.8) is 0 Å². The molecule has 0 heterocycles. The Labute approximate surface area is 114 Å². The first-order valence-electron chi connectivity index (χ1n) is 6.74. The number of hydrogen-bond donors (Lipinski definition) is 1. The molecule has 1 aromatic rings. The minimum Gasteiger partial charge on any atom is -0.314 e. The summed E-state index contributed by atoms with van der Waals surface area (Å²) < 4.78 is 1.24. The maximum absolute atomic E-state index is 3.64. The summed E-state index contributed by atoms with van der Waals surface area (Å²) in [5.74, 6) is 0. The zero-order valence-corrected chi connectivity index (χ0v) is 12.6. The van der Waals surface area contributed by atoms with E-state index in [1.165, 1.54) is 35.7 Å². The Morgan fingerprint density at radius 3 is 2.53 bits per heavy atom. The number of rotatable bonds is 8. The van der Waals surface area contributed by atoms with Gasteiger partial charge in [-0.2, -0.15) is 0 Å². The molecule has 0 fully saturated rings. The fourth-order valence-corrected chi connectivity index (χ4v) is 2.56. The first-order chi connectivity index (χ1) is 8.27. The van der Waals surface area contributed by atoms with E-state index >= 15 is 0 Å². The van der Waals surface area contributed by atoms with Crippen LogP contribution in [0.2, 0.25) is 0 Å². The fourth-order valence-electron chi connectivity index (χ4n) is 2.08. The van der Waals surface area contributed by atoms with Crippen molar-refractivity contribution in [2.45, 2.75) is 52.0 Å². The lowest BCUT2D eigenvalue weighted by Crippen LogP contribution is -2.30. The van der Waals surface area contributed by atoms with Crippen molar-refractivity contribution in [1.82, 2.24) is 5.32 Å². The molecule has 1 atom stereocenters. The van der Waals surface area contributed by atoms with E-state index in [-0.39, 0.29) is 0 Å². The van der Waals surface area contributed by atoms with E-state index < -0.39 is 0 Å². The van der Waals surface area contributed by atoms with Crippen LogP contribution in [0.15, 0.2) is 28.7 Å². The molecule has 0 saturated carbocycles. The Balaban J connectivity index is 2.42. The summed E-state index contributed by atoms with van der Waals surface area (Å²) in [5, 5.41) is 3.64. The molecule has 17 heavy (non-hydrogen) atoms. The van der Waals surface area contributed by atoms with Crippen molar-refractivity contribution < 1.29 is 0 Å². The van der Waals surface area contributed by atoms with Crippen LogP contribution in [0.25, 0.3) is 0 Å². The zero-order valence-electron chi connectivity index (χ0n) is 11.0. The highest BCUT2D eigenvalue weighted by atomic mass is 79.9. The molecule has 0 bridgehead atoms. The predicted molar refractivity (Wildman–Crippen MR) is 79.5 cm³/mol. The topological polar surface area (TPSA) is 12.0 Å². The molecule has 0 aliphatic carbocycles. The third-order valence-corrected chi connectivity index (χ3v) is 3.81. The second-order valence-electron chi connectivity index (χ2n) is 4.57. The Bertz CT molecular complexity index is 312. The van der Waals surface area contributed by atoms with Gasteiger partial charge in [0.25, 0.3) is 0 Å². The van der Waals surface area contributed by atoms with E-state index in [9.17, 15) is 0 Å². The molecule has 0 amide bonds. The van der Waals surface area contributed by atoms with Gasteiger partial charge in [0.15, 0.2) is 0 Å². The molecule has 0 aliphatic heterocycles. The quantitative estimate of drug-likeness (QED) is 0.742. The Morgan fingerprint density at radius 2 is 1.88 bits per heavy atom. The van der Waals surface area contributed by atoms with Crippen LogP contribution in [0.3, 0.4) is 0 Å². The summed E-state index contributed by atoms with van der Waals surface area (Å²) in [6.07, 6.45) is 6.15. The van der Waals surface area contributed by atoms with Crippen LogP contribution in [0.5, 0.6) is 0 Å². The summed E-state index contributed by atoms with van der Waals surface area (Å²) >= 11 is 3.62. The minimum absolute atomic E-state index is 0.673. The average molecular weight is 298 g/mol. The highest BCUT2D eigenvalue weighted by Gasteiger charge is 2.07. The lowest BCUT2D eigenvalue weighted by Gasteiger charge is -2.18. The van der Waals surface area contributed by atoms with Crippen LogP contribution < -0.4 is 5.32 Å². The second-order valence-corrected chi connectivity index (χ2v) is 5.42. The lowest BCUT2D eigenvalue weighted by atomic mass is 10.0. The van der Waals surface area contributed by atoms with Gasteiger partial charge in [0.05, 0.1) is 0 Å². The first-order valence-corrected chi connectivity index (χ1v) is 7.54. The van der Waals surface area contributed by atoms with Gasteiger partial charge in [-0.3, -0.25) is 0 Å². The van der Waals surface area contributed by atoms with Crippen LogP contribution >= 0.6 is 15.9 Å². The Kier molecular flexibility index (Phi) is 7.54. The number of benzene rings is 1. The van der Waals surface area contributed by atoms with Gasteiger partial charge in [-0.15, -0.1) is 0 Å². The number of halogens is 1. The number of aryl methyl sites for hydroxylation is 1. The van der Waals surface area contributed by atoms with Gasteiger partial charge in [0, 0.05) is 10.5 Å². The summed E-state index contributed by atoms with van der Waals surface area (Å²) in [4.78, 5) is 0. The van der Waals surface area contributed by atoms with E-state index in [0.717, 1.165) is 13.0 Å². The molecular weight excluding hydrogens is 274 g/mol. The van der Waals surface area contributed by atoms with Crippen LogP contribution in [-0.2, 0) is 6.42 Å². The largest absolute Gasteiger partial charge is 0.314 e. The monoisotopic (exact) mass is 297 g/mol. The maximum atomic E-state index is 3.64. The molecule has 2 heteroatoms. The smallest absolute Gasteiger partial charge is 0.0207 e. The van der Waals surface area contributed by atoms with E-state index in [0.29, 0.717) is 6.04 Å². The maximum Gasteiger partial charge on any atom is 0.0207 e. The fraction of sp³-hybridized carbons (Fsp3) is 0.600. The summed E-state index contributed by atoms with van der Waals surface area (Å²) in [6, 6.07) is 9.21. The molecule has 0 aromatic heterocycles. The van der Waals surface area contributed by atoms with Gasteiger partial charge >= 0.3 is 0 Å². The molecule has 0 spiro atoms. The first kappa shape index (κ1) is 14.7. The number of nitrogens with one attached hydrogen (secondary N) is 1. The normalized spacial score (nSPS) is 12.6. The third kappa shape index (κ3) is 5.69. The van der Waals surface area contributed by atoms with Crippen molar-refractivity contribution >= 4 is 15.9 Å². The average Bonchev–Trinajstić information content (AvgIpc) is 2.34.